The summed E-state index contributed by atoms with van der Waals surface area (Å²) in [5, 5.41) is 4.28. The molecule has 1 saturated heterocycles. The number of carbonyl (C=O) groups is 3. The molecule has 0 unspecified atom stereocenters. The van der Waals surface area contributed by atoms with Crippen molar-refractivity contribution < 1.29 is 18.8 Å². The number of amides is 4. The smallest absolute Gasteiger partial charge is 0.263 e. The predicted molar refractivity (Wildman–Crippen MR) is 88.6 cm³/mol. The van der Waals surface area contributed by atoms with Gasteiger partial charge in [-0.3, -0.25) is 14.5 Å². The highest BCUT2D eigenvalue weighted by atomic mass is 19.1. The fourth-order valence-corrected chi connectivity index (χ4v) is 3.52. The van der Waals surface area contributed by atoms with Crippen LogP contribution in [0.4, 0.5) is 9.18 Å². The number of urea groups is 1. The second-order valence-electron chi connectivity index (χ2n) is 6.52. The van der Waals surface area contributed by atoms with E-state index >= 15 is 0 Å². The number of aromatic nitrogens is 2. The lowest BCUT2D eigenvalue weighted by Gasteiger charge is -2.20. The zero-order valence-electron chi connectivity index (χ0n) is 14.0. The standard InChI is InChI=1S/C18H17FN4O3/c19-12-4-3-7-15(10-12)22-9-8-13(20-22)11-21-16(24)17(25)23(18(21)26)14-5-1-2-6-14/h3-4,7-10,14H,1-2,5-6,11H2. The normalized spacial score (nSPS) is 18.4. The van der Waals surface area contributed by atoms with E-state index in [0.29, 0.717) is 11.4 Å². The second-order valence-corrected chi connectivity index (χ2v) is 6.52. The molecule has 1 aliphatic carbocycles. The minimum atomic E-state index is -0.817. The Morgan fingerprint density at radius 2 is 1.85 bits per heavy atom. The van der Waals surface area contributed by atoms with E-state index in [9.17, 15) is 18.8 Å². The quantitative estimate of drug-likeness (QED) is 0.622. The van der Waals surface area contributed by atoms with E-state index in [4.69, 9.17) is 0 Å². The number of nitrogens with zero attached hydrogens (tertiary/aromatic N) is 4. The summed E-state index contributed by atoms with van der Waals surface area (Å²) in [5.41, 5.74) is 0.969. The zero-order valence-corrected chi connectivity index (χ0v) is 14.0. The van der Waals surface area contributed by atoms with Crippen LogP contribution in [0.25, 0.3) is 5.69 Å². The van der Waals surface area contributed by atoms with Gasteiger partial charge in [-0.05, 0) is 37.1 Å². The van der Waals surface area contributed by atoms with Gasteiger partial charge in [0.25, 0.3) is 0 Å². The van der Waals surface area contributed by atoms with Gasteiger partial charge in [-0.1, -0.05) is 18.9 Å². The molecule has 2 fully saturated rings. The van der Waals surface area contributed by atoms with E-state index < -0.39 is 17.8 Å². The van der Waals surface area contributed by atoms with Crippen LogP contribution in [0, 0.1) is 5.82 Å². The van der Waals surface area contributed by atoms with Crippen molar-refractivity contribution in [2.75, 3.05) is 0 Å². The molecular formula is C18H17FN4O3. The zero-order chi connectivity index (χ0) is 18.3. The third-order valence-electron chi connectivity index (χ3n) is 4.81. The van der Waals surface area contributed by atoms with Crippen LogP contribution in [-0.2, 0) is 16.1 Å². The Bertz CT molecular complexity index is 888. The van der Waals surface area contributed by atoms with Gasteiger partial charge < -0.3 is 0 Å². The summed E-state index contributed by atoms with van der Waals surface area (Å²) in [4.78, 5) is 39.0. The van der Waals surface area contributed by atoms with E-state index in [0.717, 1.165) is 35.5 Å². The summed E-state index contributed by atoms with van der Waals surface area (Å²) in [5.74, 6) is -1.96. The summed E-state index contributed by atoms with van der Waals surface area (Å²) >= 11 is 0. The summed E-state index contributed by atoms with van der Waals surface area (Å²) in [6, 6.07) is 6.79. The van der Waals surface area contributed by atoms with E-state index in [1.165, 1.54) is 16.8 Å². The number of hydrogen-bond acceptors (Lipinski definition) is 4. The van der Waals surface area contributed by atoms with Gasteiger partial charge in [0.05, 0.1) is 17.9 Å². The first-order valence-corrected chi connectivity index (χ1v) is 8.54. The van der Waals surface area contributed by atoms with Crippen molar-refractivity contribution >= 4 is 17.8 Å². The van der Waals surface area contributed by atoms with Crippen LogP contribution < -0.4 is 0 Å². The van der Waals surface area contributed by atoms with Crippen LogP contribution in [0.5, 0.6) is 0 Å². The SMILES string of the molecule is O=C1C(=O)N(C2CCCC2)C(=O)N1Cc1ccn(-c2cccc(F)c2)n1. The van der Waals surface area contributed by atoms with Gasteiger partial charge in [-0.25, -0.2) is 18.8 Å². The molecule has 7 nitrogen and oxygen atoms in total. The largest absolute Gasteiger partial charge is 0.334 e. The highest BCUT2D eigenvalue weighted by molar-refractivity contribution is 6.44. The molecule has 26 heavy (non-hydrogen) atoms. The van der Waals surface area contributed by atoms with E-state index in [2.05, 4.69) is 5.10 Å². The monoisotopic (exact) mass is 356 g/mol. The summed E-state index contributed by atoms with van der Waals surface area (Å²) in [6.07, 6.45) is 5.01. The fourth-order valence-electron chi connectivity index (χ4n) is 3.52. The Labute approximate surface area is 149 Å². The topological polar surface area (TPSA) is 75.5 Å². The van der Waals surface area contributed by atoms with Crippen molar-refractivity contribution in [3.63, 3.8) is 0 Å². The predicted octanol–water partition coefficient (Wildman–Crippen LogP) is 2.24. The van der Waals surface area contributed by atoms with Crippen LogP contribution in [0.2, 0.25) is 0 Å². The molecule has 0 atom stereocenters. The number of hydrogen-bond donors (Lipinski definition) is 0. The molecule has 1 saturated carbocycles. The van der Waals surface area contributed by atoms with Crippen LogP contribution >= 0.6 is 0 Å². The minimum absolute atomic E-state index is 0.0884. The second kappa shape index (κ2) is 6.36. The van der Waals surface area contributed by atoms with Crippen molar-refractivity contribution in [1.82, 2.24) is 19.6 Å². The lowest BCUT2D eigenvalue weighted by Crippen LogP contribution is -2.39. The minimum Gasteiger partial charge on any atom is -0.263 e. The highest BCUT2D eigenvalue weighted by Crippen LogP contribution is 2.28. The van der Waals surface area contributed by atoms with Crippen LogP contribution in [0.1, 0.15) is 31.4 Å². The van der Waals surface area contributed by atoms with Gasteiger partial charge in [-0.15, -0.1) is 0 Å². The lowest BCUT2D eigenvalue weighted by atomic mass is 10.2. The maximum atomic E-state index is 13.3. The summed E-state index contributed by atoms with van der Waals surface area (Å²) in [7, 11) is 0. The van der Waals surface area contributed by atoms with Crippen LogP contribution in [-0.4, -0.2) is 43.5 Å². The van der Waals surface area contributed by atoms with Gasteiger partial charge in [-0.2, -0.15) is 5.10 Å². The Kier molecular flexibility index (Phi) is 4.02. The summed E-state index contributed by atoms with van der Waals surface area (Å²) in [6.45, 7) is -0.0884. The van der Waals surface area contributed by atoms with Crippen molar-refractivity contribution in [1.29, 1.82) is 0 Å². The molecule has 0 bridgehead atoms. The van der Waals surface area contributed by atoms with Gasteiger partial charge in [0.1, 0.15) is 5.82 Å². The molecule has 0 spiro atoms. The Morgan fingerprint density at radius 1 is 1.08 bits per heavy atom. The number of imide groups is 2. The summed E-state index contributed by atoms with van der Waals surface area (Å²) < 4.78 is 14.8. The Hall–Kier alpha value is -3.03. The first kappa shape index (κ1) is 16.4. The molecule has 134 valence electrons. The van der Waals surface area contributed by atoms with E-state index in [1.807, 2.05) is 0 Å². The third-order valence-corrected chi connectivity index (χ3v) is 4.81. The van der Waals surface area contributed by atoms with Crippen LogP contribution in [0.3, 0.4) is 0 Å². The first-order chi connectivity index (χ1) is 12.5. The number of benzene rings is 1. The average Bonchev–Trinajstić information content (AvgIpc) is 3.34. The van der Waals surface area contributed by atoms with Gasteiger partial charge in [0.15, 0.2) is 0 Å². The molecule has 1 aromatic carbocycles. The van der Waals surface area contributed by atoms with Gasteiger partial charge >= 0.3 is 17.8 Å². The van der Waals surface area contributed by atoms with Crippen molar-refractivity contribution in [2.45, 2.75) is 38.3 Å². The van der Waals surface area contributed by atoms with Crippen molar-refractivity contribution in [3.05, 3.63) is 48.0 Å². The molecule has 0 radical (unpaired) electrons. The van der Waals surface area contributed by atoms with Gasteiger partial charge in [0, 0.05) is 12.2 Å². The molecular weight excluding hydrogens is 339 g/mol. The molecule has 2 aromatic rings. The lowest BCUT2D eigenvalue weighted by molar-refractivity contribution is -0.144. The van der Waals surface area contributed by atoms with E-state index in [1.54, 1.807) is 24.4 Å². The molecule has 1 aliphatic heterocycles. The van der Waals surface area contributed by atoms with E-state index in [-0.39, 0.29) is 18.4 Å². The van der Waals surface area contributed by atoms with Crippen molar-refractivity contribution in [3.8, 4) is 5.69 Å². The van der Waals surface area contributed by atoms with Gasteiger partial charge in [0.2, 0.25) is 0 Å². The Balaban J connectivity index is 1.53. The van der Waals surface area contributed by atoms with Crippen molar-refractivity contribution in [2.24, 2.45) is 0 Å². The average molecular weight is 356 g/mol. The fraction of sp³-hybridized carbons (Fsp3) is 0.333. The molecule has 2 aliphatic rings. The molecule has 8 heteroatoms. The molecule has 4 amide bonds. The molecule has 1 aromatic heterocycles. The number of halogens is 1. The maximum absolute atomic E-state index is 13.3. The Morgan fingerprint density at radius 3 is 2.58 bits per heavy atom. The molecule has 4 rings (SSSR count). The number of rotatable bonds is 4. The maximum Gasteiger partial charge on any atom is 0.334 e. The van der Waals surface area contributed by atoms with Crippen LogP contribution in [0.15, 0.2) is 36.5 Å². The number of carbonyl (C=O) groups excluding carboxylic acids is 3. The highest BCUT2D eigenvalue weighted by Gasteiger charge is 2.48. The first-order valence-electron chi connectivity index (χ1n) is 8.54. The molecule has 0 N–H and O–H groups in total. The third kappa shape index (κ3) is 2.77. The molecule has 2 heterocycles.